The van der Waals surface area contributed by atoms with Crippen molar-refractivity contribution >= 4 is 64.6 Å². The Morgan fingerprint density at radius 2 is 1.37 bits per heavy atom. The Hall–Kier alpha value is -3.91. The molecule has 0 spiro atoms. The molecule has 6 amide bonds. The topological polar surface area (TPSA) is 166 Å². The molecule has 0 aromatic heterocycles. The average molecular weight is 770 g/mol. The number of rotatable bonds is 7. The van der Waals surface area contributed by atoms with Gasteiger partial charge in [0.25, 0.3) is 0 Å². The van der Waals surface area contributed by atoms with Gasteiger partial charge in [0.15, 0.2) is 0 Å². The van der Waals surface area contributed by atoms with Crippen LogP contribution in [0.1, 0.15) is 60.5 Å². The number of carbonyl (C=O) groups is 7. The summed E-state index contributed by atoms with van der Waals surface area (Å²) < 4.78 is 5.74. The zero-order valence-electron chi connectivity index (χ0n) is 31.9. The summed E-state index contributed by atoms with van der Waals surface area (Å²) in [4.78, 5) is 100. The summed E-state index contributed by atoms with van der Waals surface area (Å²) in [5.74, 6) is -5.57. The Bertz CT molecular complexity index is 1460. The van der Waals surface area contributed by atoms with E-state index in [0.29, 0.717) is 0 Å². The van der Waals surface area contributed by atoms with Crippen molar-refractivity contribution in [2.75, 3.05) is 28.2 Å². The molecule has 2 rings (SSSR count). The van der Waals surface area contributed by atoms with Gasteiger partial charge in [-0.05, 0) is 45.1 Å². The highest BCUT2D eigenvalue weighted by molar-refractivity contribution is 6.44. The SMILES string of the molecule is CC(C)C1C(=O)N[C@H](C)C(=O)N(C)[C@@H](C)C(=O)N(C)[C@H](Cc2ccccc2)C(=O)N[C@@H](C)C(=O)O[C@H](C)C(N(C)C(=O)CC(C)C(Cl)Cl)C(=O)N1C. The van der Waals surface area contributed by atoms with Crippen LogP contribution in [0.5, 0.6) is 0 Å². The molecule has 0 aliphatic carbocycles. The quantitative estimate of drug-likeness (QED) is 0.314. The minimum Gasteiger partial charge on any atom is -0.458 e. The molecule has 52 heavy (non-hydrogen) atoms. The molecule has 14 nitrogen and oxygen atoms in total. The van der Waals surface area contributed by atoms with E-state index in [-0.39, 0.29) is 12.8 Å². The summed E-state index contributed by atoms with van der Waals surface area (Å²) in [6.45, 7) is 10.9. The summed E-state index contributed by atoms with van der Waals surface area (Å²) in [6.07, 6.45) is -1.32. The van der Waals surface area contributed by atoms with Gasteiger partial charge in [0, 0.05) is 41.0 Å². The van der Waals surface area contributed by atoms with Gasteiger partial charge in [0.1, 0.15) is 47.2 Å². The van der Waals surface area contributed by atoms with Crippen LogP contribution in [0.15, 0.2) is 30.3 Å². The highest BCUT2D eigenvalue weighted by atomic mass is 35.5. The predicted octanol–water partition coefficient (Wildman–Crippen LogP) is 2.00. The number of hydrogen-bond donors (Lipinski definition) is 2. The third-order valence-corrected chi connectivity index (χ3v) is 10.4. The molecule has 1 aromatic carbocycles. The van der Waals surface area contributed by atoms with Gasteiger partial charge in [-0.15, -0.1) is 23.2 Å². The number of carbonyl (C=O) groups excluding carboxylic acids is 7. The molecule has 1 aliphatic heterocycles. The molecule has 16 heteroatoms. The zero-order valence-corrected chi connectivity index (χ0v) is 33.4. The van der Waals surface area contributed by atoms with Gasteiger partial charge >= 0.3 is 5.97 Å². The van der Waals surface area contributed by atoms with Crippen molar-refractivity contribution in [3.05, 3.63) is 35.9 Å². The maximum absolute atomic E-state index is 14.3. The fourth-order valence-corrected chi connectivity index (χ4v) is 6.23. The number of ether oxygens (including phenoxy) is 1. The van der Waals surface area contributed by atoms with E-state index in [2.05, 4.69) is 10.6 Å². The highest BCUT2D eigenvalue weighted by Crippen LogP contribution is 2.22. The van der Waals surface area contributed by atoms with Crippen LogP contribution in [0.25, 0.3) is 0 Å². The molecule has 2 N–H and O–H groups in total. The van der Waals surface area contributed by atoms with E-state index in [9.17, 15) is 33.6 Å². The van der Waals surface area contributed by atoms with Crippen LogP contribution in [0.3, 0.4) is 0 Å². The van der Waals surface area contributed by atoms with Crippen LogP contribution in [0.2, 0.25) is 0 Å². The second kappa shape index (κ2) is 19.2. The molecular formula is C36H54Cl2N6O8. The average Bonchev–Trinajstić information content (AvgIpc) is 3.08. The fourth-order valence-electron chi connectivity index (χ4n) is 6.05. The number of hydrogen-bond acceptors (Lipinski definition) is 8. The molecule has 1 saturated heterocycles. The van der Waals surface area contributed by atoms with Gasteiger partial charge in [-0.25, -0.2) is 4.79 Å². The second-order valence-corrected chi connectivity index (χ2v) is 15.1. The summed E-state index contributed by atoms with van der Waals surface area (Å²) >= 11 is 12.0. The van der Waals surface area contributed by atoms with E-state index < -0.39 is 100 Å². The van der Waals surface area contributed by atoms with E-state index >= 15 is 0 Å². The Labute approximate surface area is 316 Å². The van der Waals surface area contributed by atoms with Crippen LogP contribution in [0.4, 0.5) is 0 Å². The molecule has 290 valence electrons. The van der Waals surface area contributed by atoms with Crippen molar-refractivity contribution in [3.63, 3.8) is 0 Å². The first kappa shape index (κ1) is 44.3. The Balaban J connectivity index is 2.67. The zero-order chi connectivity index (χ0) is 39.8. The number of alkyl halides is 2. The number of cyclic esters (lactones) is 1. The summed E-state index contributed by atoms with van der Waals surface area (Å²) in [7, 11) is 5.61. The number of nitrogens with one attached hydrogen (secondary N) is 2. The number of nitrogens with zero attached hydrogens (tertiary/aromatic N) is 4. The van der Waals surface area contributed by atoms with Crippen molar-refractivity contribution in [2.24, 2.45) is 11.8 Å². The molecular weight excluding hydrogens is 715 g/mol. The lowest BCUT2D eigenvalue weighted by Gasteiger charge is -2.38. The van der Waals surface area contributed by atoms with E-state index in [4.69, 9.17) is 27.9 Å². The minimum atomic E-state index is -1.42. The van der Waals surface area contributed by atoms with E-state index in [0.717, 1.165) is 15.4 Å². The van der Waals surface area contributed by atoms with Crippen molar-refractivity contribution in [1.82, 2.24) is 30.2 Å². The van der Waals surface area contributed by atoms with Crippen molar-refractivity contribution in [3.8, 4) is 0 Å². The molecule has 1 fully saturated rings. The Morgan fingerprint density at radius 3 is 1.90 bits per heavy atom. The largest absolute Gasteiger partial charge is 0.458 e. The number of esters is 1. The fraction of sp³-hybridized carbons (Fsp3) is 0.639. The third-order valence-electron chi connectivity index (χ3n) is 9.52. The lowest BCUT2D eigenvalue weighted by atomic mass is 9.99. The van der Waals surface area contributed by atoms with Crippen molar-refractivity contribution in [2.45, 2.75) is 108 Å². The van der Waals surface area contributed by atoms with E-state index in [1.54, 1.807) is 45.0 Å². The van der Waals surface area contributed by atoms with Gasteiger partial charge in [-0.3, -0.25) is 28.8 Å². The van der Waals surface area contributed by atoms with Crippen molar-refractivity contribution < 1.29 is 38.3 Å². The predicted molar refractivity (Wildman–Crippen MR) is 197 cm³/mol. The smallest absolute Gasteiger partial charge is 0.328 e. The molecule has 1 aliphatic rings. The lowest BCUT2D eigenvalue weighted by Crippen LogP contribution is -2.61. The normalized spacial score (nSPS) is 27.1. The number of likely N-dealkylation sites (N-methyl/N-ethyl adjacent to an activating group) is 4. The van der Waals surface area contributed by atoms with Gasteiger partial charge in [-0.2, -0.15) is 0 Å². The third kappa shape index (κ3) is 11.0. The lowest BCUT2D eigenvalue weighted by molar-refractivity contribution is -0.164. The maximum atomic E-state index is 14.3. The van der Waals surface area contributed by atoms with Gasteiger partial charge in [0.2, 0.25) is 35.4 Å². The molecule has 3 unspecified atom stereocenters. The number of halogens is 2. The first-order chi connectivity index (χ1) is 24.1. The summed E-state index contributed by atoms with van der Waals surface area (Å²) in [5.41, 5.74) is 0.736. The number of benzene rings is 1. The Morgan fingerprint density at radius 1 is 0.808 bits per heavy atom. The monoisotopic (exact) mass is 768 g/mol. The van der Waals surface area contributed by atoms with Crippen molar-refractivity contribution in [1.29, 1.82) is 0 Å². The summed E-state index contributed by atoms with van der Waals surface area (Å²) in [5, 5.41) is 5.31. The molecule has 1 aromatic rings. The van der Waals surface area contributed by atoms with Gasteiger partial charge < -0.3 is 35.0 Å². The molecule has 8 atom stereocenters. The van der Waals surface area contributed by atoms with Gasteiger partial charge in [-0.1, -0.05) is 51.1 Å². The van der Waals surface area contributed by atoms with E-state index in [1.807, 2.05) is 6.07 Å². The highest BCUT2D eigenvalue weighted by Gasteiger charge is 2.42. The van der Waals surface area contributed by atoms with Crippen LogP contribution in [-0.2, 0) is 44.7 Å². The molecule has 1 heterocycles. The standard InChI is InChI=1S/C36H54Cl2N6O8/c1-19(2)28-32(47)39-21(4)33(48)41(8)23(6)34(49)42(9)26(18-25-15-13-12-14-16-25)31(46)40-22(5)36(51)52-24(7)29(35(50)44(28)11)43(10)27(45)17-20(3)30(37)38/h12-16,19-24,26,28-30H,17-18H2,1-11H3,(H,39,47)(H,40,46)/t20?,21-,22+,23+,24-,26-,28?,29?/m1/s1. The van der Waals surface area contributed by atoms with Crippen LogP contribution < -0.4 is 10.6 Å². The van der Waals surface area contributed by atoms with Crippen LogP contribution in [0, 0.1) is 11.8 Å². The summed E-state index contributed by atoms with van der Waals surface area (Å²) in [6, 6.07) is 1.89. The minimum absolute atomic E-state index is 0.0835. The van der Waals surface area contributed by atoms with Gasteiger partial charge in [0.05, 0.1) is 0 Å². The van der Waals surface area contributed by atoms with Crippen LogP contribution in [-0.4, -0.2) is 136 Å². The Kier molecular flexibility index (Phi) is 16.4. The van der Waals surface area contributed by atoms with E-state index in [1.165, 1.54) is 65.7 Å². The molecule has 0 radical (unpaired) electrons. The first-order valence-corrected chi connectivity index (χ1v) is 18.2. The molecule has 0 saturated carbocycles. The number of amides is 6. The second-order valence-electron chi connectivity index (χ2n) is 14.0. The van der Waals surface area contributed by atoms with Crippen LogP contribution >= 0.6 is 23.2 Å². The molecule has 0 bridgehead atoms. The maximum Gasteiger partial charge on any atom is 0.328 e. The first-order valence-electron chi connectivity index (χ1n) is 17.3.